The molecule has 0 heterocycles. The van der Waals surface area contributed by atoms with E-state index >= 15 is 0 Å². The molecule has 3 nitrogen and oxygen atoms in total. The Labute approximate surface area is 87.8 Å². The summed E-state index contributed by atoms with van der Waals surface area (Å²) in [5.74, 6) is 0.919. The van der Waals surface area contributed by atoms with Gasteiger partial charge in [0.05, 0.1) is 0 Å². The van der Waals surface area contributed by atoms with Crippen LogP contribution in [-0.2, 0) is 8.85 Å². The van der Waals surface area contributed by atoms with Gasteiger partial charge in [-0.2, -0.15) is 12.6 Å². The fraction of sp³-hybridized carbons (Fsp3) is 1.00. The molecule has 0 fully saturated rings. The summed E-state index contributed by atoms with van der Waals surface area (Å²) in [6, 6.07) is 1.05. The van der Waals surface area contributed by atoms with Gasteiger partial charge in [-0.15, -0.1) is 0 Å². The van der Waals surface area contributed by atoms with Gasteiger partial charge in [0.15, 0.2) is 0 Å². The van der Waals surface area contributed by atoms with Crippen LogP contribution >= 0.6 is 12.6 Å². The van der Waals surface area contributed by atoms with Crippen molar-refractivity contribution in [2.75, 3.05) is 19.0 Å². The molecular weight excluding hydrogens is 204 g/mol. The third-order valence-electron chi connectivity index (χ3n) is 1.69. The van der Waals surface area contributed by atoms with Crippen LogP contribution < -0.4 is 0 Å². The van der Waals surface area contributed by atoms with E-state index in [2.05, 4.69) is 19.2 Å². The van der Waals surface area contributed by atoms with Crippen LogP contribution in [0.25, 0.3) is 0 Å². The first-order chi connectivity index (χ1) is 5.68. The Morgan fingerprint density at radius 2 is 1.62 bits per heavy atom. The van der Waals surface area contributed by atoms with Gasteiger partial charge in [-0.1, -0.05) is 0 Å². The maximum Gasteiger partial charge on any atom is 0.334 e. The van der Waals surface area contributed by atoms with Crippen molar-refractivity contribution in [1.29, 1.82) is 0 Å². The van der Waals surface area contributed by atoms with E-state index in [0.29, 0.717) is 0 Å². The normalized spacial score (nSPS) is 11.1. The number of thiol groups is 1. The van der Waals surface area contributed by atoms with E-state index in [1.54, 1.807) is 0 Å². The topological polar surface area (TPSA) is 50.0 Å². The second-order valence-corrected chi connectivity index (χ2v) is 6.62. The summed E-state index contributed by atoms with van der Waals surface area (Å²) >= 11 is 4.18. The molecule has 0 saturated heterocycles. The maximum absolute atomic E-state index is 5.65. The van der Waals surface area contributed by atoms with E-state index in [9.17, 15) is 0 Å². The minimum Gasteiger partial charge on any atom is -0.412 e. The summed E-state index contributed by atoms with van der Waals surface area (Å²) in [5.41, 5.74) is 0. The predicted molar refractivity (Wildman–Crippen MR) is 61.8 cm³/mol. The van der Waals surface area contributed by atoms with Crippen molar-refractivity contribution in [2.24, 2.45) is 0 Å². The molecule has 0 aliphatic carbocycles. The van der Waals surface area contributed by atoms with E-state index in [0.717, 1.165) is 31.4 Å². The Morgan fingerprint density at radius 1 is 1.15 bits per heavy atom. The van der Waals surface area contributed by atoms with Gasteiger partial charge in [-0.05, 0) is 38.6 Å². The molecule has 0 spiro atoms. The second-order valence-electron chi connectivity index (χ2n) is 2.83. The molecule has 0 amide bonds. The highest BCUT2D eigenvalue weighted by Gasteiger charge is 2.29. The van der Waals surface area contributed by atoms with Gasteiger partial charge in [0.25, 0.3) is 0 Å². The molecule has 0 atom stereocenters. The zero-order valence-electron chi connectivity index (χ0n) is 8.80. The molecule has 0 rings (SSSR count). The first-order valence-electron chi connectivity index (χ1n) is 4.57. The molecule has 0 saturated carbocycles. The largest absolute Gasteiger partial charge is 0.412 e. The number of hydrogen-bond acceptors (Lipinski definition) is 3. The van der Waals surface area contributed by atoms with E-state index in [-0.39, 0.29) is 5.48 Å². The van der Waals surface area contributed by atoms with Crippen LogP contribution in [0.5, 0.6) is 0 Å². The van der Waals surface area contributed by atoms with Crippen molar-refractivity contribution in [1.82, 2.24) is 0 Å². The van der Waals surface area contributed by atoms with Crippen LogP contribution in [0.3, 0.4) is 0 Å². The van der Waals surface area contributed by atoms with Crippen LogP contribution in [0.2, 0.25) is 12.6 Å². The smallest absolute Gasteiger partial charge is 0.334 e. The van der Waals surface area contributed by atoms with Gasteiger partial charge in [0, 0.05) is 13.2 Å². The summed E-state index contributed by atoms with van der Waals surface area (Å²) in [6.07, 6.45) is 1.09. The van der Waals surface area contributed by atoms with E-state index in [1.165, 1.54) is 0 Å². The summed E-state index contributed by atoms with van der Waals surface area (Å²) in [5, 5.41) is 0. The molecular formula is C8H22O3SSi. The van der Waals surface area contributed by atoms with Crippen LogP contribution in [-0.4, -0.2) is 33.0 Å². The molecule has 82 valence electrons. The highest BCUT2D eigenvalue weighted by atomic mass is 32.1. The molecule has 13 heavy (non-hydrogen) atoms. The predicted octanol–water partition coefficient (Wildman–Crippen LogP) is 1.63. The molecule has 0 aliphatic rings. The SMILES string of the molecule is CCO[Si](C)(CCCS)OCC.O. The Balaban J connectivity index is 0. The van der Waals surface area contributed by atoms with Crippen LogP contribution in [0.4, 0.5) is 0 Å². The summed E-state index contributed by atoms with van der Waals surface area (Å²) in [6.45, 7) is 7.68. The molecule has 0 aromatic rings. The molecule has 0 bridgehead atoms. The van der Waals surface area contributed by atoms with Crippen molar-refractivity contribution in [2.45, 2.75) is 32.9 Å². The highest BCUT2D eigenvalue weighted by molar-refractivity contribution is 7.80. The highest BCUT2D eigenvalue weighted by Crippen LogP contribution is 2.15. The third-order valence-corrected chi connectivity index (χ3v) is 5.07. The first-order valence-corrected chi connectivity index (χ1v) is 7.73. The lowest BCUT2D eigenvalue weighted by atomic mass is 10.6. The Bertz CT molecular complexity index is 108. The number of rotatable bonds is 7. The quantitative estimate of drug-likeness (QED) is 0.530. The maximum atomic E-state index is 5.65. The Kier molecular flexibility index (Phi) is 11.0. The fourth-order valence-corrected chi connectivity index (χ4v) is 4.06. The second kappa shape index (κ2) is 9.02. The van der Waals surface area contributed by atoms with Gasteiger partial charge in [0.2, 0.25) is 0 Å². The molecule has 0 aromatic carbocycles. The average molecular weight is 226 g/mol. The van der Waals surface area contributed by atoms with Crippen LogP contribution in [0.15, 0.2) is 0 Å². The first kappa shape index (κ1) is 15.9. The minimum absolute atomic E-state index is 0. The summed E-state index contributed by atoms with van der Waals surface area (Å²) in [4.78, 5) is 0. The lowest BCUT2D eigenvalue weighted by Crippen LogP contribution is -2.38. The molecule has 0 aliphatic heterocycles. The standard InChI is InChI=1S/C8H20O2SSi.H2O/c1-4-9-12(3,10-5-2)8-6-7-11;/h11H,4-8H2,1-3H3;1H2. The van der Waals surface area contributed by atoms with Crippen LogP contribution in [0.1, 0.15) is 20.3 Å². The lowest BCUT2D eigenvalue weighted by molar-refractivity contribution is 0.189. The zero-order valence-corrected chi connectivity index (χ0v) is 10.7. The monoisotopic (exact) mass is 226 g/mol. The Hall–Kier alpha value is 0.447. The Morgan fingerprint density at radius 3 is 1.92 bits per heavy atom. The average Bonchev–Trinajstić information content (AvgIpc) is 2.02. The molecule has 0 unspecified atom stereocenters. The zero-order chi connectivity index (χ0) is 9.45. The van der Waals surface area contributed by atoms with Crippen molar-refractivity contribution in [3.63, 3.8) is 0 Å². The molecule has 2 N–H and O–H groups in total. The number of hydrogen-bond donors (Lipinski definition) is 1. The van der Waals surface area contributed by atoms with E-state index in [4.69, 9.17) is 8.85 Å². The van der Waals surface area contributed by atoms with Crippen LogP contribution in [0, 0.1) is 0 Å². The van der Waals surface area contributed by atoms with Gasteiger partial charge >= 0.3 is 8.56 Å². The van der Waals surface area contributed by atoms with Crippen molar-refractivity contribution < 1.29 is 14.3 Å². The molecule has 0 radical (unpaired) electrons. The summed E-state index contributed by atoms with van der Waals surface area (Å²) < 4.78 is 11.3. The van der Waals surface area contributed by atoms with E-state index in [1.807, 2.05) is 13.8 Å². The molecule has 5 heteroatoms. The van der Waals surface area contributed by atoms with Crippen molar-refractivity contribution in [3.05, 3.63) is 0 Å². The fourth-order valence-electron chi connectivity index (χ4n) is 1.20. The summed E-state index contributed by atoms with van der Waals surface area (Å²) in [7, 11) is -1.82. The van der Waals surface area contributed by atoms with Gasteiger partial charge in [-0.25, -0.2) is 0 Å². The third kappa shape index (κ3) is 7.51. The van der Waals surface area contributed by atoms with Crippen molar-refractivity contribution in [3.8, 4) is 0 Å². The van der Waals surface area contributed by atoms with Crippen molar-refractivity contribution >= 4 is 21.2 Å². The van der Waals surface area contributed by atoms with Gasteiger partial charge in [0.1, 0.15) is 0 Å². The van der Waals surface area contributed by atoms with Gasteiger partial charge < -0.3 is 14.3 Å². The lowest BCUT2D eigenvalue weighted by Gasteiger charge is -2.25. The minimum atomic E-state index is -1.82. The van der Waals surface area contributed by atoms with E-state index < -0.39 is 8.56 Å². The van der Waals surface area contributed by atoms with Gasteiger partial charge in [-0.3, -0.25) is 0 Å². The molecule has 0 aromatic heterocycles.